The number of fused-ring (bicyclic) bond motifs is 1. The van der Waals surface area contributed by atoms with E-state index < -0.39 is 20.0 Å². The van der Waals surface area contributed by atoms with Crippen LogP contribution in [-0.2, 0) is 24.8 Å². The summed E-state index contributed by atoms with van der Waals surface area (Å²) in [6.07, 6.45) is 1.22. The highest BCUT2D eigenvalue weighted by Crippen LogP contribution is 2.43. The number of carbonyl (C=O) groups excluding carboxylic acids is 1. The molecule has 4 aromatic rings. The van der Waals surface area contributed by atoms with Crippen molar-refractivity contribution in [3.05, 3.63) is 95.6 Å². The van der Waals surface area contributed by atoms with E-state index in [0.717, 1.165) is 11.1 Å². The van der Waals surface area contributed by atoms with E-state index in [4.69, 9.17) is 0 Å². The van der Waals surface area contributed by atoms with Crippen molar-refractivity contribution in [2.24, 2.45) is 0 Å². The molecule has 0 heterocycles. The van der Waals surface area contributed by atoms with Gasteiger partial charge in [0.05, 0.1) is 21.2 Å². The van der Waals surface area contributed by atoms with E-state index in [2.05, 4.69) is 9.44 Å². The largest absolute Gasteiger partial charge is 0.300 e. The molecule has 7 nitrogen and oxygen atoms in total. The van der Waals surface area contributed by atoms with Crippen LogP contribution in [0.2, 0.25) is 0 Å². The fourth-order valence-corrected chi connectivity index (χ4v) is 7.01. The molecule has 5 rings (SSSR count). The molecule has 0 radical (unpaired) electrons. The maximum atomic E-state index is 13.4. The molecule has 0 aromatic heterocycles. The van der Waals surface area contributed by atoms with Crippen LogP contribution < -0.4 is 9.44 Å². The molecule has 0 aliphatic heterocycles. The van der Waals surface area contributed by atoms with Crippen molar-refractivity contribution < 1.29 is 21.6 Å². The summed E-state index contributed by atoms with van der Waals surface area (Å²) in [6.45, 7) is 3.76. The van der Waals surface area contributed by atoms with Gasteiger partial charge in [-0.25, -0.2) is 16.8 Å². The zero-order chi connectivity index (χ0) is 27.1. The Morgan fingerprint density at radius 1 is 0.711 bits per heavy atom. The van der Waals surface area contributed by atoms with Crippen LogP contribution in [0.25, 0.3) is 10.8 Å². The van der Waals surface area contributed by atoms with Gasteiger partial charge in [-0.1, -0.05) is 59.7 Å². The van der Waals surface area contributed by atoms with E-state index in [1.807, 2.05) is 13.8 Å². The van der Waals surface area contributed by atoms with E-state index in [0.29, 0.717) is 40.6 Å². The number of carbonyl (C=O) groups is 1. The lowest BCUT2D eigenvalue weighted by Gasteiger charge is -2.22. The molecule has 1 atom stereocenters. The highest BCUT2D eigenvalue weighted by atomic mass is 32.2. The first-order valence-electron chi connectivity index (χ1n) is 12.3. The Bertz CT molecular complexity index is 1750. The van der Waals surface area contributed by atoms with Gasteiger partial charge in [0.1, 0.15) is 5.78 Å². The minimum absolute atomic E-state index is 0.0947. The predicted octanol–water partition coefficient (Wildman–Crippen LogP) is 5.89. The molecule has 0 spiro atoms. The van der Waals surface area contributed by atoms with Gasteiger partial charge in [-0.2, -0.15) is 0 Å². The maximum Gasteiger partial charge on any atom is 0.261 e. The molecule has 0 amide bonds. The molecule has 196 valence electrons. The molecule has 0 unspecified atom stereocenters. The smallest absolute Gasteiger partial charge is 0.261 e. The van der Waals surface area contributed by atoms with E-state index in [-0.39, 0.29) is 27.9 Å². The molecule has 1 saturated carbocycles. The van der Waals surface area contributed by atoms with E-state index in [1.165, 1.54) is 0 Å². The Balaban J connectivity index is 1.67. The standard InChI is InChI=1S/C29H28N2O5S2/c1-19-7-13-23(14-8-19)37(33,34)30-28-18-27(21-11-12-22(32)17-21)29(26-6-4-3-5-25(26)28)31-38(35,36)24-15-9-20(2)10-16-24/h3-10,13-16,18,21,30-31H,11-12,17H2,1-2H3/t21-/m0/s1. The summed E-state index contributed by atoms with van der Waals surface area (Å²) < 4.78 is 58.9. The molecule has 38 heavy (non-hydrogen) atoms. The van der Waals surface area contributed by atoms with Gasteiger partial charge in [-0.3, -0.25) is 14.2 Å². The van der Waals surface area contributed by atoms with Gasteiger partial charge < -0.3 is 0 Å². The maximum absolute atomic E-state index is 13.4. The summed E-state index contributed by atoms with van der Waals surface area (Å²) in [5.74, 6) is -0.150. The average Bonchev–Trinajstić information content (AvgIpc) is 3.31. The fraction of sp³-hybridized carbons (Fsp3) is 0.207. The Morgan fingerprint density at radius 3 is 1.76 bits per heavy atom. The Labute approximate surface area is 223 Å². The first-order valence-corrected chi connectivity index (χ1v) is 15.3. The van der Waals surface area contributed by atoms with Crippen molar-refractivity contribution in [2.75, 3.05) is 9.44 Å². The Hall–Kier alpha value is -3.69. The molecule has 1 fully saturated rings. The lowest BCUT2D eigenvalue weighted by atomic mass is 9.92. The third-order valence-electron chi connectivity index (χ3n) is 6.90. The molecule has 1 aliphatic carbocycles. The first-order chi connectivity index (χ1) is 18.0. The molecule has 9 heteroatoms. The minimum atomic E-state index is -3.96. The number of hydrogen-bond donors (Lipinski definition) is 2. The van der Waals surface area contributed by atoms with Crippen LogP contribution in [0.5, 0.6) is 0 Å². The van der Waals surface area contributed by atoms with Crippen molar-refractivity contribution in [1.29, 1.82) is 0 Å². The lowest BCUT2D eigenvalue weighted by molar-refractivity contribution is -0.117. The summed E-state index contributed by atoms with van der Waals surface area (Å²) in [5.41, 5.74) is 3.15. The van der Waals surface area contributed by atoms with E-state index in [9.17, 15) is 21.6 Å². The number of Topliss-reactive ketones (excluding diaryl/α,β-unsaturated/α-hetero) is 1. The SMILES string of the molecule is Cc1ccc(S(=O)(=O)Nc2cc([C@H]3CCC(=O)C3)c(NS(=O)(=O)c3ccc(C)cc3)c3ccccc23)cc1. The first kappa shape index (κ1) is 25.9. The summed E-state index contributed by atoms with van der Waals surface area (Å²) in [5, 5.41) is 1.08. The van der Waals surface area contributed by atoms with Crippen molar-refractivity contribution in [3.8, 4) is 0 Å². The monoisotopic (exact) mass is 548 g/mol. The second kappa shape index (κ2) is 9.89. The molecule has 1 aliphatic rings. The molecular formula is C29H28N2O5S2. The van der Waals surface area contributed by atoms with Crippen molar-refractivity contribution in [1.82, 2.24) is 0 Å². The molecule has 0 bridgehead atoms. The number of aryl methyl sites for hydroxylation is 2. The summed E-state index contributed by atoms with van der Waals surface area (Å²) >= 11 is 0. The Morgan fingerprint density at radius 2 is 1.24 bits per heavy atom. The molecule has 4 aromatic carbocycles. The quantitative estimate of drug-likeness (QED) is 0.299. The second-order valence-corrected chi connectivity index (χ2v) is 13.1. The number of nitrogens with one attached hydrogen (secondary N) is 2. The van der Waals surface area contributed by atoms with E-state index in [1.54, 1.807) is 78.9 Å². The zero-order valence-corrected chi connectivity index (χ0v) is 22.7. The number of ketones is 1. The van der Waals surface area contributed by atoms with Crippen molar-refractivity contribution in [3.63, 3.8) is 0 Å². The van der Waals surface area contributed by atoms with Crippen molar-refractivity contribution in [2.45, 2.75) is 48.8 Å². The number of rotatable bonds is 7. The lowest BCUT2D eigenvalue weighted by Crippen LogP contribution is -2.17. The molecular weight excluding hydrogens is 520 g/mol. The van der Waals surface area contributed by atoms with Crippen LogP contribution in [0.4, 0.5) is 11.4 Å². The van der Waals surface area contributed by atoms with Gasteiger partial charge >= 0.3 is 0 Å². The van der Waals surface area contributed by atoms with Crippen LogP contribution in [0, 0.1) is 13.8 Å². The van der Waals surface area contributed by atoms with Gasteiger partial charge in [0.2, 0.25) is 0 Å². The zero-order valence-electron chi connectivity index (χ0n) is 21.1. The van der Waals surface area contributed by atoms with E-state index >= 15 is 0 Å². The van der Waals surface area contributed by atoms with Gasteiger partial charge in [0.25, 0.3) is 20.0 Å². The summed E-state index contributed by atoms with van der Waals surface area (Å²) in [6, 6.07) is 21.8. The number of sulfonamides is 2. The van der Waals surface area contributed by atoms with Crippen LogP contribution in [0.1, 0.15) is 41.9 Å². The van der Waals surface area contributed by atoms with Gasteiger partial charge in [0.15, 0.2) is 0 Å². The predicted molar refractivity (Wildman–Crippen MR) is 150 cm³/mol. The highest BCUT2D eigenvalue weighted by Gasteiger charge is 2.30. The number of hydrogen-bond acceptors (Lipinski definition) is 5. The summed E-state index contributed by atoms with van der Waals surface area (Å²) in [4.78, 5) is 12.5. The number of anilines is 2. The summed E-state index contributed by atoms with van der Waals surface area (Å²) in [7, 11) is -7.88. The topological polar surface area (TPSA) is 109 Å². The van der Waals surface area contributed by atoms with Crippen LogP contribution >= 0.6 is 0 Å². The second-order valence-electron chi connectivity index (χ2n) is 9.75. The molecule has 0 saturated heterocycles. The number of benzene rings is 4. The van der Waals surface area contributed by atoms with Crippen LogP contribution in [-0.4, -0.2) is 22.6 Å². The molecule has 2 N–H and O–H groups in total. The minimum Gasteiger partial charge on any atom is -0.300 e. The van der Waals surface area contributed by atoms with Crippen molar-refractivity contribution >= 4 is 48.0 Å². The van der Waals surface area contributed by atoms with Crippen LogP contribution in [0.15, 0.2) is 88.7 Å². The third kappa shape index (κ3) is 5.16. The third-order valence-corrected chi connectivity index (χ3v) is 9.65. The average molecular weight is 549 g/mol. The van der Waals surface area contributed by atoms with Gasteiger partial charge in [-0.15, -0.1) is 0 Å². The van der Waals surface area contributed by atoms with Crippen LogP contribution in [0.3, 0.4) is 0 Å². The normalized spacial score (nSPS) is 16.1. The fourth-order valence-electron chi connectivity index (χ4n) is 4.83. The van der Waals surface area contributed by atoms with Gasteiger partial charge in [0, 0.05) is 23.6 Å². The highest BCUT2D eigenvalue weighted by molar-refractivity contribution is 7.93. The Kier molecular flexibility index (Phi) is 6.75. The van der Waals surface area contributed by atoms with Gasteiger partial charge in [-0.05, 0) is 62.1 Å².